The molecule has 1 aromatic rings. The van der Waals surface area contributed by atoms with Gasteiger partial charge >= 0.3 is 6.03 Å². The minimum atomic E-state index is -0.169. The number of carbonyl (C=O) groups excluding carboxylic acids is 2. The number of piperazine rings is 1. The van der Waals surface area contributed by atoms with E-state index >= 15 is 0 Å². The quantitative estimate of drug-likeness (QED) is 0.862. The lowest BCUT2D eigenvalue weighted by atomic mass is 10.2. The molecule has 3 amide bonds. The topological polar surface area (TPSA) is 77.6 Å². The summed E-state index contributed by atoms with van der Waals surface area (Å²) in [5, 5.41) is 5.70. The number of nitrogens with one attached hydrogen (secondary N) is 2. The van der Waals surface area contributed by atoms with Crippen LogP contribution in [0.15, 0.2) is 24.4 Å². The fraction of sp³-hybridized carbons (Fsp3) is 0.588. The monoisotopic (exact) mass is 331 g/mol. The van der Waals surface area contributed by atoms with Crippen LogP contribution in [0.4, 0.5) is 10.6 Å². The molecule has 1 saturated carbocycles. The van der Waals surface area contributed by atoms with Gasteiger partial charge in [-0.15, -0.1) is 0 Å². The Bertz CT molecular complexity index is 551. The van der Waals surface area contributed by atoms with Gasteiger partial charge in [-0.2, -0.15) is 0 Å². The Morgan fingerprint density at radius 1 is 1.12 bits per heavy atom. The second kappa shape index (κ2) is 7.99. The van der Waals surface area contributed by atoms with Crippen LogP contribution in [0.5, 0.6) is 0 Å². The number of nitrogens with zero attached hydrogens (tertiary/aromatic N) is 3. The number of urea groups is 1. The van der Waals surface area contributed by atoms with E-state index in [0.717, 1.165) is 31.7 Å². The molecule has 1 aromatic heterocycles. The molecule has 0 bridgehead atoms. The van der Waals surface area contributed by atoms with Gasteiger partial charge in [-0.1, -0.05) is 18.9 Å². The molecule has 1 aliphatic heterocycles. The first-order valence-electron chi connectivity index (χ1n) is 8.70. The Morgan fingerprint density at radius 3 is 2.54 bits per heavy atom. The van der Waals surface area contributed by atoms with Crippen LogP contribution in [0.3, 0.4) is 0 Å². The van der Waals surface area contributed by atoms with Crippen molar-refractivity contribution in [2.75, 3.05) is 37.6 Å². The van der Waals surface area contributed by atoms with Crippen molar-refractivity contribution < 1.29 is 9.59 Å². The molecule has 7 heteroatoms. The van der Waals surface area contributed by atoms with Gasteiger partial charge < -0.3 is 20.4 Å². The van der Waals surface area contributed by atoms with E-state index in [1.807, 2.05) is 18.2 Å². The number of pyridine rings is 1. The van der Waals surface area contributed by atoms with Gasteiger partial charge in [-0.05, 0) is 25.0 Å². The van der Waals surface area contributed by atoms with E-state index in [1.54, 1.807) is 11.1 Å². The predicted octanol–water partition coefficient (Wildman–Crippen LogP) is 0.972. The van der Waals surface area contributed by atoms with Crippen molar-refractivity contribution in [3.63, 3.8) is 0 Å². The number of hydrogen-bond acceptors (Lipinski definition) is 4. The summed E-state index contributed by atoms with van der Waals surface area (Å²) >= 11 is 0. The highest BCUT2D eigenvalue weighted by atomic mass is 16.2. The van der Waals surface area contributed by atoms with E-state index in [2.05, 4.69) is 20.5 Å². The predicted molar refractivity (Wildman–Crippen MR) is 91.8 cm³/mol. The van der Waals surface area contributed by atoms with Gasteiger partial charge in [0.15, 0.2) is 0 Å². The van der Waals surface area contributed by atoms with Crippen molar-refractivity contribution in [2.45, 2.75) is 31.7 Å². The summed E-state index contributed by atoms with van der Waals surface area (Å²) in [6.07, 6.45) is 6.23. The zero-order valence-electron chi connectivity index (χ0n) is 13.9. The first kappa shape index (κ1) is 16.5. The summed E-state index contributed by atoms with van der Waals surface area (Å²) < 4.78 is 0. The fourth-order valence-corrected chi connectivity index (χ4v) is 3.30. The van der Waals surface area contributed by atoms with E-state index in [0.29, 0.717) is 13.1 Å². The van der Waals surface area contributed by atoms with E-state index in [1.165, 1.54) is 12.8 Å². The van der Waals surface area contributed by atoms with Gasteiger partial charge in [-0.3, -0.25) is 4.79 Å². The minimum absolute atomic E-state index is 0.0514. The Hall–Kier alpha value is -2.31. The van der Waals surface area contributed by atoms with Crippen LogP contribution in [0.2, 0.25) is 0 Å². The van der Waals surface area contributed by atoms with Crippen LogP contribution in [0.25, 0.3) is 0 Å². The molecule has 130 valence electrons. The van der Waals surface area contributed by atoms with Gasteiger partial charge in [0.2, 0.25) is 5.91 Å². The van der Waals surface area contributed by atoms with Crippen LogP contribution in [-0.2, 0) is 4.79 Å². The highest BCUT2D eigenvalue weighted by molar-refractivity contribution is 5.84. The Balaban J connectivity index is 1.38. The standard InChI is InChI=1S/C17H25N5O2/c23-16(20-14-5-1-2-6-14)13-19-17(24)22-11-9-21(10-12-22)15-7-3-4-8-18-15/h3-4,7-8,14H,1-2,5-6,9-13H2,(H,19,24)(H,20,23). The summed E-state index contributed by atoms with van der Waals surface area (Å²) in [4.78, 5) is 32.3. The molecule has 0 spiro atoms. The lowest BCUT2D eigenvalue weighted by Crippen LogP contribution is -2.53. The molecule has 0 aromatic carbocycles. The van der Waals surface area contributed by atoms with Gasteiger partial charge in [-0.25, -0.2) is 9.78 Å². The highest BCUT2D eigenvalue weighted by Crippen LogP contribution is 2.17. The summed E-state index contributed by atoms with van der Waals surface area (Å²) in [7, 11) is 0. The van der Waals surface area contributed by atoms with Crippen molar-refractivity contribution in [1.82, 2.24) is 20.5 Å². The van der Waals surface area contributed by atoms with Crippen molar-refractivity contribution in [1.29, 1.82) is 0 Å². The van der Waals surface area contributed by atoms with Gasteiger partial charge in [0.25, 0.3) is 0 Å². The van der Waals surface area contributed by atoms with E-state index in [9.17, 15) is 9.59 Å². The zero-order chi connectivity index (χ0) is 16.8. The number of anilines is 1. The maximum Gasteiger partial charge on any atom is 0.317 e. The van der Waals surface area contributed by atoms with Crippen molar-refractivity contribution in [3.05, 3.63) is 24.4 Å². The molecule has 0 radical (unpaired) electrons. The molecule has 0 unspecified atom stereocenters. The molecule has 1 aliphatic carbocycles. The highest BCUT2D eigenvalue weighted by Gasteiger charge is 2.22. The molecule has 2 heterocycles. The first-order chi connectivity index (χ1) is 11.7. The molecular formula is C17H25N5O2. The van der Waals surface area contributed by atoms with Crippen LogP contribution in [0.1, 0.15) is 25.7 Å². The Labute approximate surface area is 142 Å². The summed E-state index contributed by atoms with van der Waals surface area (Å²) in [5.74, 6) is 0.843. The third kappa shape index (κ3) is 4.37. The van der Waals surface area contributed by atoms with Crippen LogP contribution >= 0.6 is 0 Å². The Kier molecular flexibility index (Phi) is 5.51. The summed E-state index contributed by atoms with van der Waals surface area (Å²) in [5.41, 5.74) is 0. The molecule has 2 aliphatic rings. The minimum Gasteiger partial charge on any atom is -0.353 e. The average molecular weight is 331 g/mol. The molecule has 2 N–H and O–H groups in total. The van der Waals surface area contributed by atoms with E-state index in [4.69, 9.17) is 0 Å². The zero-order valence-corrected chi connectivity index (χ0v) is 13.9. The number of amides is 3. The lowest BCUT2D eigenvalue weighted by molar-refractivity contribution is -0.120. The van der Waals surface area contributed by atoms with Gasteiger partial charge in [0, 0.05) is 38.4 Å². The van der Waals surface area contributed by atoms with Crippen molar-refractivity contribution >= 4 is 17.8 Å². The maximum absolute atomic E-state index is 12.2. The van der Waals surface area contributed by atoms with E-state index in [-0.39, 0.29) is 24.5 Å². The third-order valence-electron chi connectivity index (χ3n) is 4.66. The number of rotatable bonds is 4. The lowest BCUT2D eigenvalue weighted by Gasteiger charge is -2.35. The van der Waals surface area contributed by atoms with Gasteiger partial charge in [0.1, 0.15) is 5.82 Å². The molecule has 24 heavy (non-hydrogen) atoms. The van der Waals surface area contributed by atoms with Gasteiger partial charge in [0.05, 0.1) is 6.54 Å². The molecule has 7 nitrogen and oxygen atoms in total. The Morgan fingerprint density at radius 2 is 1.88 bits per heavy atom. The number of carbonyl (C=O) groups is 2. The third-order valence-corrected chi connectivity index (χ3v) is 4.66. The molecule has 3 rings (SSSR count). The van der Waals surface area contributed by atoms with Crippen LogP contribution in [0, 0.1) is 0 Å². The summed E-state index contributed by atoms with van der Waals surface area (Å²) in [6, 6.07) is 5.95. The van der Waals surface area contributed by atoms with E-state index < -0.39 is 0 Å². The number of aromatic nitrogens is 1. The second-order valence-corrected chi connectivity index (χ2v) is 6.37. The largest absolute Gasteiger partial charge is 0.353 e. The fourth-order valence-electron chi connectivity index (χ4n) is 3.30. The molecular weight excluding hydrogens is 306 g/mol. The summed E-state index contributed by atoms with van der Waals surface area (Å²) in [6.45, 7) is 2.81. The molecule has 2 fully saturated rings. The van der Waals surface area contributed by atoms with Crippen LogP contribution < -0.4 is 15.5 Å². The normalized spacial score (nSPS) is 18.5. The smallest absolute Gasteiger partial charge is 0.317 e. The van der Waals surface area contributed by atoms with Crippen molar-refractivity contribution in [3.8, 4) is 0 Å². The second-order valence-electron chi connectivity index (χ2n) is 6.37. The number of hydrogen-bond donors (Lipinski definition) is 2. The van der Waals surface area contributed by atoms with Crippen LogP contribution in [-0.4, -0.2) is 60.6 Å². The molecule has 1 saturated heterocycles. The SMILES string of the molecule is O=C(CNC(=O)N1CCN(c2ccccn2)CC1)NC1CCCC1. The maximum atomic E-state index is 12.2. The van der Waals surface area contributed by atoms with Crippen molar-refractivity contribution in [2.24, 2.45) is 0 Å². The first-order valence-corrected chi connectivity index (χ1v) is 8.70. The molecule has 0 atom stereocenters. The average Bonchev–Trinajstić information content (AvgIpc) is 3.13.